The van der Waals surface area contributed by atoms with Crippen molar-refractivity contribution in [3.8, 4) is 0 Å². The van der Waals surface area contributed by atoms with Crippen LogP contribution in [-0.2, 0) is 6.54 Å². The SMILES string of the molecule is C=CCN=C(N)NC(=S)NCc1ncccc1C. The molecule has 1 rings (SSSR count). The first kappa shape index (κ1) is 14.1. The third-order valence-electron chi connectivity index (χ3n) is 2.17. The van der Waals surface area contributed by atoms with Gasteiger partial charge in [0.05, 0.1) is 18.8 Å². The van der Waals surface area contributed by atoms with Gasteiger partial charge in [0.2, 0.25) is 0 Å². The highest BCUT2D eigenvalue weighted by molar-refractivity contribution is 7.80. The highest BCUT2D eigenvalue weighted by Gasteiger charge is 2.01. The molecular weight excluding hydrogens is 246 g/mol. The Bertz CT molecular complexity index is 456. The molecule has 1 heterocycles. The minimum absolute atomic E-state index is 0.269. The number of hydrogen-bond acceptors (Lipinski definition) is 3. The normalized spacial score (nSPS) is 10.8. The van der Waals surface area contributed by atoms with Crippen LogP contribution in [0.2, 0.25) is 0 Å². The van der Waals surface area contributed by atoms with Crippen LogP contribution in [0.25, 0.3) is 0 Å². The molecule has 0 fully saturated rings. The van der Waals surface area contributed by atoms with Crippen LogP contribution in [0.5, 0.6) is 0 Å². The van der Waals surface area contributed by atoms with E-state index in [1.54, 1.807) is 12.3 Å². The second-order valence-electron chi connectivity index (χ2n) is 3.59. The van der Waals surface area contributed by atoms with Gasteiger partial charge in [-0.2, -0.15) is 0 Å². The minimum atomic E-state index is 0.269. The van der Waals surface area contributed by atoms with Gasteiger partial charge in [-0.15, -0.1) is 6.58 Å². The summed E-state index contributed by atoms with van der Waals surface area (Å²) in [6, 6.07) is 3.90. The maximum Gasteiger partial charge on any atom is 0.195 e. The van der Waals surface area contributed by atoms with Gasteiger partial charge in [-0.1, -0.05) is 12.1 Å². The van der Waals surface area contributed by atoms with Crippen molar-refractivity contribution in [2.75, 3.05) is 6.54 Å². The number of thiocarbonyl (C=S) groups is 1. The summed E-state index contributed by atoms with van der Waals surface area (Å²) in [5, 5.41) is 6.22. The Labute approximate surface area is 112 Å². The van der Waals surface area contributed by atoms with E-state index >= 15 is 0 Å². The van der Waals surface area contributed by atoms with Crippen molar-refractivity contribution in [3.63, 3.8) is 0 Å². The molecule has 4 N–H and O–H groups in total. The summed E-state index contributed by atoms with van der Waals surface area (Å²) in [7, 11) is 0. The van der Waals surface area contributed by atoms with E-state index in [0.29, 0.717) is 18.2 Å². The molecule has 0 aromatic carbocycles. The zero-order chi connectivity index (χ0) is 13.4. The molecule has 0 aliphatic heterocycles. The molecule has 6 heteroatoms. The van der Waals surface area contributed by atoms with E-state index in [9.17, 15) is 0 Å². The van der Waals surface area contributed by atoms with Crippen LogP contribution in [-0.4, -0.2) is 22.6 Å². The molecule has 0 aliphatic rings. The highest BCUT2D eigenvalue weighted by Crippen LogP contribution is 2.01. The summed E-state index contributed by atoms with van der Waals surface area (Å²) in [6.45, 7) is 6.56. The summed E-state index contributed by atoms with van der Waals surface area (Å²) in [6.07, 6.45) is 3.41. The Morgan fingerprint density at radius 3 is 3.11 bits per heavy atom. The molecule has 18 heavy (non-hydrogen) atoms. The predicted octanol–water partition coefficient (Wildman–Crippen LogP) is 0.855. The summed E-state index contributed by atoms with van der Waals surface area (Å²) in [5.41, 5.74) is 7.67. The lowest BCUT2D eigenvalue weighted by Gasteiger charge is -2.10. The molecule has 1 aromatic heterocycles. The van der Waals surface area contributed by atoms with Crippen LogP contribution in [0.1, 0.15) is 11.3 Å². The van der Waals surface area contributed by atoms with Gasteiger partial charge in [-0.3, -0.25) is 4.98 Å². The molecule has 0 radical (unpaired) electrons. The first-order chi connectivity index (χ1) is 8.63. The number of nitrogens with two attached hydrogens (primary N) is 1. The van der Waals surface area contributed by atoms with Crippen LogP contribution in [0, 0.1) is 6.92 Å². The molecule has 0 unspecified atom stereocenters. The number of nitrogens with zero attached hydrogens (tertiary/aromatic N) is 2. The van der Waals surface area contributed by atoms with E-state index in [0.717, 1.165) is 11.3 Å². The molecular formula is C12H17N5S. The molecule has 0 spiro atoms. The van der Waals surface area contributed by atoms with Gasteiger partial charge >= 0.3 is 0 Å². The third kappa shape index (κ3) is 4.92. The summed E-state index contributed by atoms with van der Waals surface area (Å²) in [4.78, 5) is 8.23. The second kappa shape index (κ2) is 7.39. The Kier molecular flexibility index (Phi) is 5.79. The zero-order valence-corrected chi connectivity index (χ0v) is 11.1. The molecule has 0 saturated heterocycles. The third-order valence-corrected chi connectivity index (χ3v) is 2.41. The number of aryl methyl sites for hydroxylation is 1. The van der Waals surface area contributed by atoms with Gasteiger partial charge < -0.3 is 16.4 Å². The Morgan fingerprint density at radius 2 is 2.44 bits per heavy atom. The fourth-order valence-corrected chi connectivity index (χ4v) is 1.41. The average molecular weight is 263 g/mol. The molecule has 0 bridgehead atoms. The summed E-state index contributed by atoms with van der Waals surface area (Å²) < 4.78 is 0. The van der Waals surface area contributed by atoms with E-state index in [2.05, 4.69) is 27.2 Å². The number of guanidine groups is 1. The standard InChI is InChI=1S/C12H17N5S/c1-3-6-15-11(13)17-12(18)16-8-10-9(2)5-4-7-14-10/h3-5,7H,1,6,8H2,2H3,(H4,13,15,16,17,18). The largest absolute Gasteiger partial charge is 0.370 e. The fourth-order valence-electron chi connectivity index (χ4n) is 1.23. The van der Waals surface area contributed by atoms with Gasteiger partial charge in [-0.05, 0) is 30.8 Å². The first-order valence-electron chi connectivity index (χ1n) is 5.49. The molecule has 0 aliphatic carbocycles. The number of hydrogen-bond donors (Lipinski definition) is 3. The molecule has 96 valence electrons. The molecule has 1 aromatic rings. The van der Waals surface area contributed by atoms with Crippen LogP contribution >= 0.6 is 12.2 Å². The number of nitrogens with one attached hydrogen (secondary N) is 2. The molecule has 5 nitrogen and oxygen atoms in total. The van der Waals surface area contributed by atoms with Crippen molar-refractivity contribution in [1.29, 1.82) is 0 Å². The number of rotatable bonds is 4. The van der Waals surface area contributed by atoms with E-state index < -0.39 is 0 Å². The van der Waals surface area contributed by atoms with Crippen molar-refractivity contribution in [3.05, 3.63) is 42.2 Å². The fraction of sp³-hybridized carbons (Fsp3) is 0.250. The van der Waals surface area contributed by atoms with E-state index in [-0.39, 0.29) is 5.96 Å². The average Bonchev–Trinajstić information content (AvgIpc) is 2.35. The van der Waals surface area contributed by atoms with Gasteiger partial charge in [-0.25, -0.2) is 4.99 Å². The van der Waals surface area contributed by atoms with Crippen molar-refractivity contribution in [2.45, 2.75) is 13.5 Å². The number of aromatic nitrogens is 1. The van der Waals surface area contributed by atoms with Crippen LogP contribution in [0.3, 0.4) is 0 Å². The Morgan fingerprint density at radius 1 is 1.67 bits per heavy atom. The van der Waals surface area contributed by atoms with Crippen LogP contribution in [0.4, 0.5) is 0 Å². The van der Waals surface area contributed by atoms with Crippen molar-refractivity contribution >= 4 is 23.3 Å². The second-order valence-corrected chi connectivity index (χ2v) is 4.00. The minimum Gasteiger partial charge on any atom is -0.370 e. The maximum absolute atomic E-state index is 5.61. The number of aliphatic imine (C=N–C) groups is 1. The lowest BCUT2D eigenvalue weighted by atomic mass is 10.2. The van der Waals surface area contributed by atoms with Gasteiger partial charge in [0.25, 0.3) is 0 Å². The van der Waals surface area contributed by atoms with E-state index in [4.69, 9.17) is 18.0 Å². The van der Waals surface area contributed by atoms with Gasteiger partial charge in [0.15, 0.2) is 11.1 Å². The van der Waals surface area contributed by atoms with E-state index in [1.165, 1.54) is 0 Å². The summed E-state index contributed by atoms with van der Waals surface area (Å²) in [5.74, 6) is 0.269. The van der Waals surface area contributed by atoms with Crippen LogP contribution < -0.4 is 16.4 Å². The Hall–Kier alpha value is -1.95. The monoisotopic (exact) mass is 263 g/mol. The lowest BCUT2D eigenvalue weighted by Crippen LogP contribution is -2.43. The number of pyridine rings is 1. The smallest absolute Gasteiger partial charge is 0.195 e. The van der Waals surface area contributed by atoms with Gasteiger partial charge in [0.1, 0.15) is 0 Å². The highest BCUT2D eigenvalue weighted by atomic mass is 32.1. The van der Waals surface area contributed by atoms with Gasteiger partial charge in [0, 0.05) is 6.20 Å². The van der Waals surface area contributed by atoms with Crippen LogP contribution in [0.15, 0.2) is 36.0 Å². The lowest BCUT2D eigenvalue weighted by molar-refractivity contribution is 0.855. The van der Waals surface area contributed by atoms with Crippen molar-refractivity contribution < 1.29 is 0 Å². The maximum atomic E-state index is 5.61. The van der Waals surface area contributed by atoms with E-state index in [1.807, 2.05) is 19.1 Å². The van der Waals surface area contributed by atoms with Crippen molar-refractivity contribution in [2.24, 2.45) is 10.7 Å². The Balaban J connectivity index is 2.42. The zero-order valence-electron chi connectivity index (χ0n) is 10.3. The van der Waals surface area contributed by atoms with Crippen molar-refractivity contribution in [1.82, 2.24) is 15.6 Å². The first-order valence-corrected chi connectivity index (χ1v) is 5.90. The molecule has 0 saturated carbocycles. The quantitative estimate of drug-likeness (QED) is 0.325. The molecule has 0 amide bonds. The molecule has 0 atom stereocenters. The predicted molar refractivity (Wildman–Crippen MR) is 78.2 cm³/mol. The summed E-state index contributed by atoms with van der Waals surface area (Å²) >= 11 is 5.09. The topological polar surface area (TPSA) is 75.3 Å².